The molecule has 12 heteroatoms. The number of nitrogens with zero attached hydrogens (tertiary/aromatic N) is 2. The number of benzene rings is 2. The number of anilines is 1. The van der Waals surface area contributed by atoms with E-state index >= 15 is 0 Å². The van der Waals surface area contributed by atoms with E-state index in [1.807, 2.05) is 0 Å². The molecule has 0 atom stereocenters. The number of amides is 1. The lowest BCUT2D eigenvalue weighted by atomic mass is 10.1. The second-order valence-electron chi connectivity index (χ2n) is 6.29. The Hall–Kier alpha value is -3.90. The predicted molar refractivity (Wildman–Crippen MR) is 113 cm³/mol. The van der Waals surface area contributed by atoms with Gasteiger partial charge in [0.05, 0.1) is 21.6 Å². The number of aromatic nitrogens is 2. The first-order chi connectivity index (χ1) is 14.8. The Morgan fingerprint density at radius 3 is 2.55 bits per heavy atom. The zero-order valence-corrected chi connectivity index (χ0v) is 17.1. The summed E-state index contributed by atoms with van der Waals surface area (Å²) in [5.41, 5.74) is -0.0826. The number of carbonyl (C=O) groups excluding carboxylic acids is 1. The van der Waals surface area contributed by atoms with Crippen molar-refractivity contribution in [2.75, 3.05) is 5.32 Å². The van der Waals surface area contributed by atoms with E-state index in [0.29, 0.717) is 10.9 Å². The average molecular weight is 456 g/mol. The molecule has 2 aromatic heterocycles. The average Bonchev–Trinajstić information content (AvgIpc) is 3.22. The van der Waals surface area contributed by atoms with E-state index in [4.69, 9.17) is 0 Å². The lowest BCUT2D eigenvalue weighted by Crippen LogP contribution is -2.16. The lowest BCUT2D eigenvalue weighted by Gasteiger charge is -2.05. The number of hydrogen-bond donors (Lipinski definition) is 2. The highest BCUT2D eigenvalue weighted by atomic mass is 32.2. The molecule has 4 aromatic rings. The van der Waals surface area contributed by atoms with Crippen LogP contribution in [0.1, 0.15) is 10.4 Å². The van der Waals surface area contributed by atoms with E-state index in [1.165, 1.54) is 0 Å². The van der Waals surface area contributed by atoms with Crippen LogP contribution in [0.4, 0.5) is 10.8 Å². The number of aromatic amines is 1. The number of para-hydroxylation sites is 1. The van der Waals surface area contributed by atoms with Crippen LogP contribution in [0.3, 0.4) is 0 Å². The maximum atomic E-state index is 12.7. The van der Waals surface area contributed by atoms with Gasteiger partial charge in [-0.2, -0.15) is 0 Å². The Labute approximate surface area is 178 Å². The van der Waals surface area contributed by atoms with Crippen LogP contribution in [0.15, 0.2) is 74.7 Å². The highest BCUT2D eigenvalue weighted by Gasteiger charge is 2.23. The molecule has 0 bridgehead atoms. The number of pyridine rings is 1. The Balaban J connectivity index is 1.62. The van der Waals surface area contributed by atoms with Crippen LogP contribution in [0.25, 0.3) is 10.9 Å². The largest absolute Gasteiger partial charge is 0.322 e. The summed E-state index contributed by atoms with van der Waals surface area (Å²) < 4.78 is 25.3. The number of nitro benzene ring substituents is 1. The maximum Gasteiger partial charge on any atom is 0.269 e. The van der Waals surface area contributed by atoms with Crippen molar-refractivity contribution in [3.8, 4) is 0 Å². The van der Waals surface area contributed by atoms with Crippen LogP contribution in [-0.2, 0) is 9.84 Å². The number of fused-ring (bicyclic) bond motifs is 1. The predicted octanol–water partition coefficient (Wildman–Crippen LogP) is 2.98. The third-order valence-corrected chi connectivity index (χ3v) is 7.47. The van der Waals surface area contributed by atoms with E-state index in [1.54, 1.807) is 24.3 Å². The first kappa shape index (κ1) is 20.4. The molecule has 0 aliphatic heterocycles. The summed E-state index contributed by atoms with van der Waals surface area (Å²) in [6.07, 6.45) is 1.09. The minimum absolute atomic E-state index is 0.0230. The molecular formula is C19H12N4O6S2. The second-order valence-corrected chi connectivity index (χ2v) is 9.49. The van der Waals surface area contributed by atoms with Gasteiger partial charge in [-0.15, -0.1) is 0 Å². The molecule has 1 amide bonds. The van der Waals surface area contributed by atoms with Crippen LogP contribution in [0.5, 0.6) is 0 Å². The van der Waals surface area contributed by atoms with Gasteiger partial charge >= 0.3 is 0 Å². The number of H-pyrrole nitrogens is 1. The molecule has 0 aliphatic carbocycles. The van der Waals surface area contributed by atoms with E-state index in [-0.39, 0.29) is 25.5 Å². The van der Waals surface area contributed by atoms with E-state index in [0.717, 1.165) is 47.9 Å². The lowest BCUT2D eigenvalue weighted by molar-refractivity contribution is -0.384. The number of hydrogen-bond acceptors (Lipinski definition) is 8. The SMILES string of the molecule is O=C(Nc1ncc(S(=O)(=O)c2ccc([N+](=O)[O-])cc2)s1)c1cc(=O)[nH]c2ccccc12. The maximum absolute atomic E-state index is 12.7. The van der Waals surface area contributed by atoms with Crippen LogP contribution >= 0.6 is 11.3 Å². The zero-order valence-electron chi connectivity index (χ0n) is 15.4. The molecule has 0 fully saturated rings. The summed E-state index contributed by atoms with van der Waals surface area (Å²) in [6, 6.07) is 12.4. The van der Waals surface area contributed by atoms with Crippen molar-refractivity contribution in [2.45, 2.75) is 9.10 Å². The fourth-order valence-electron chi connectivity index (χ4n) is 2.86. The monoisotopic (exact) mass is 456 g/mol. The van der Waals surface area contributed by atoms with Crippen LogP contribution < -0.4 is 10.9 Å². The molecule has 0 saturated heterocycles. The van der Waals surface area contributed by atoms with Gasteiger partial charge < -0.3 is 4.98 Å². The third kappa shape index (κ3) is 3.93. The summed E-state index contributed by atoms with van der Waals surface area (Å²) in [5.74, 6) is -0.615. The first-order valence-electron chi connectivity index (χ1n) is 8.64. The Morgan fingerprint density at radius 2 is 1.84 bits per heavy atom. The third-order valence-electron chi connectivity index (χ3n) is 4.32. The van der Waals surface area contributed by atoms with Gasteiger partial charge in [0.1, 0.15) is 4.21 Å². The quantitative estimate of drug-likeness (QED) is 0.346. The fourth-order valence-corrected chi connectivity index (χ4v) is 5.29. The van der Waals surface area contributed by atoms with Gasteiger partial charge in [0.15, 0.2) is 5.13 Å². The van der Waals surface area contributed by atoms with Gasteiger partial charge in [-0.3, -0.25) is 25.0 Å². The van der Waals surface area contributed by atoms with Gasteiger partial charge in [-0.05, 0) is 18.2 Å². The molecule has 0 unspecified atom stereocenters. The minimum atomic E-state index is -3.98. The van der Waals surface area contributed by atoms with Crippen molar-refractivity contribution < 1.29 is 18.1 Å². The molecule has 0 saturated carbocycles. The van der Waals surface area contributed by atoms with Crippen LogP contribution in [0, 0.1) is 10.1 Å². The number of sulfone groups is 1. The number of non-ortho nitro benzene ring substituents is 1. The van der Waals surface area contributed by atoms with Crippen molar-refractivity contribution in [2.24, 2.45) is 0 Å². The number of carbonyl (C=O) groups is 1. The van der Waals surface area contributed by atoms with Gasteiger partial charge in [0.2, 0.25) is 15.4 Å². The van der Waals surface area contributed by atoms with Crippen LogP contribution in [0.2, 0.25) is 0 Å². The normalized spacial score (nSPS) is 11.4. The second kappa shape index (κ2) is 7.74. The molecule has 4 rings (SSSR count). The fraction of sp³-hybridized carbons (Fsp3) is 0. The molecule has 156 valence electrons. The van der Waals surface area contributed by atoms with Crippen molar-refractivity contribution in [1.82, 2.24) is 9.97 Å². The van der Waals surface area contributed by atoms with Crippen molar-refractivity contribution in [3.63, 3.8) is 0 Å². The Kier molecular flexibility index (Phi) is 5.09. The molecule has 0 spiro atoms. The topological polar surface area (TPSA) is 152 Å². The molecular weight excluding hydrogens is 444 g/mol. The Bertz CT molecular complexity index is 1490. The number of nitrogens with one attached hydrogen (secondary N) is 2. The summed E-state index contributed by atoms with van der Waals surface area (Å²) in [5, 5.41) is 13.8. The molecule has 10 nitrogen and oxygen atoms in total. The molecule has 31 heavy (non-hydrogen) atoms. The number of rotatable bonds is 5. The summed E-state index contributed by atoms with van der Waals surface area (Å²) in [6.45, 7) is 0. The highest BCUT2D eigenvalue weighted by Crippen LogP contribution is 2.30. The zero-order chi connectivity index (χ0) is 22.2. The summed E-state index contributed by atoms with van der Waals surface area (Å²) in [7, 11) is -3.98. The van der Waals surface area contributed by atoms with Gasteiger partial charge in [0.25, 0.3) is 11.6 Å². The summed E-state index contributed by atoms with van der Waals surface area (Å²) >= 11 is 0.727. The highest BCUT2D eigenvalue weighted by molar-refractivity contribution is 7.93. The molecule has 0 aliphatic rings. The first-order valence-corrected chi connectivity index (χ1v) is 10.9. The molecule has 2 N–H and O–H groups in total. The van der Waals surface area contributed by atoms with Crippen molar-refractivity contribution in [1.29, 1.82) is 0 Å². The van der Waals surface area contributed by atoms with E-state index < -0.39 is 26.2 Å². The van der Waals surface area contributed by atoms with Gasteiger partial charge in [-0.25, -0.2) is 13.4 Å². The number of thiazole rings is 1. The van der Waals surface area contributed by atoms with E-state index in [2.05, 4.69) is 15.3 Å². The smallest absolute Gasteiger partial charge is 0.269 e. The van der Waals surface area contributed by atoms with Crippen molar-refractivity contribution in [3.05, 3.63) is 86.8 Å². The molecule has 2 aromatic carbocycles. The van der Waals surface area contributed by atoms with Crippen molar-refractivity contribution >= 4 is 48.8 Å². The number of nitro groups is 1. The molecule has 0 radical (unpaired) electrons. The molecule has 2 heterocycles. The van der Waals surface area contributed by atoms with Crippen LogP contribution in [-0.4, -0.2) is 29.2 Å². The standard InChI is InChI=1S/C19H12N4O6S2/c24-16-9-14(13-3-1-2-4-15(13)21-16)18(25)22-19-20-10-17(30-19)31(28,29)12-7-5-11(6-8-12)23(26)27/h1-10H,(H,21,24)(H,20,22,25). The van der Waals surface area contributed by atoms with E-state index in [9.17, 15) is 28.1 Å². The van der Waals surface area contributed by atoms with Gasteiger partial charge in [0, 0.05) is 29.1 Å². The Morgan fingerprint density at radius 1 is 1.13 bits per heavy atom. The summed E-state index contributed by atoms with van der Waals surface area (Å²) in [4.78, 5) is 41.1. The minimum Gasteiger partial charge on any atom is -0.322 e. The van der Waals surface area contributed by atoms with Gasteiger partial charge in [-0.1, -0.05) is 29.5 Å².